The summed E-state index contributed by atoms with van der Waals surface area (Å²) in [7, 11) is 1.82. The number of hydrogen-bond acceptors (Lipinski definition) is 6. The molecule has 4 rings (SSSR count). The molecule has 3 heterocycles. The van der Waals surface area contributed by atoms with Gasteiger partial charge in [0.25, 0.3) is 5.91 Å². The van der Waals surface area contributed by atoms with Gasteiger partial charge >= 0.3 is 0 Å². The summed E-state index contributed by atoms with van der Waals surface area (Å²) in [5.41, 5.74) is 1.84. The zero-order valence-corrected chi connectivity index (χ0v) is 18.5. The Labute approximate surface area is 176 Å². The van der Waals surface area contributed by atoms with Crippen LogP contribution in [-0.2, 0) is 16.9 Å². The van der Waals surface area contributed by atoms with E-state index in [0.717, 1.165) is 18.4 Å². The second kappa shape index (κ2) is 7.61. The molecule has 0 spiro atoms. The van der Waals surface area contributed by atoms with Gasteiger partial charge in [0.1, 0.15) is 27.0 Å². The van der Waals surface area contributed by atoms with E-state index < -0.39 is 9.84 Å². The van der Waals surface area contributed by atoms with Gasteiger partial charge < -0.3 is 14.4 Å². The Balaban J connectivity index is 1.64. The smallest absolute Gasteiger partial charge is 0.272 e. The van der Waals surface area contributed by atoms with Gasteiger partial charge in [-0.2, -0.15) is 5.10 Å². The minimum atomic E-state index is -3.10. The molecule has 0 N–H and O–H groups in total. The lowest BCUT2D eigenvalue weighted by Crippen LogP contribution is -2.50. The highest BCUT2D eigenvalue weighted by Gasteiger charge is 2.46. The van der Waals surface area contributed by atoms with Gasteiger partial charge in [0.2, 0.25) is 0 Å². The molecule has 2 aromatic rings. The number of benzene rings is 1. The van der Waals surface area contributed by atoms with Crippen LogP contribution in [0.25, 0.3) is 11.3 Å². The molecule has 2 bridgehead atoms. The monoisotopic (exact) mass is 433 g/mol. The Hall–Kier alpha value is -2.55. The van der Waals surface area contributed by atoms with Gasteiger partial charge in [0.05, 0.1) is 25.2 Å². The van der Waals surface area contributed by atoms with Crippen molar-refractivity contribution in [3.05, 3.63) is 30.0 Å². The highest BCUT2D eigenvalue weighted by molar-refractivity contribution is 7.91. The van der Waals surface area contributed by atoms with Crippen molar-refractivity contribution in [3.63, 3.8) is 0 Å². The number of sulfone groups is 1. The van der Waals surface area contributed by atoms with Crippen LogP contribution in [0.4, 0.5) is 0 Å². The SMILES string of the molecule is COc1ccc(OC)c(-c2cc(C(=O)N3C4CCC3CC(S(C)(=O)=O)C4)n(C)n2)c1. The van der Waals surface area contributed by atoms with Crippen molar-refractivity contribution in [1.82, 2.24) is 14.7 Å². The van der Waals surface area contributed by atoms with Gasteiger partial charge in [0, 0.05) is 31.0 Å². The average molecular weight is 434 g/mol. The number of carbonyl (C=O) groups excluding carboxylic acids is 1. The molecule has 1 amide bonds. The van der Waals surface area contributed by atoms with E-state index >= 15 is 0 Å². The van der Waals surface area contributed by atoms with Crippen molar-refractivity contribution >= 4 is 15.7 Å². The number of aromatic nitrogens is 2. The van der Waals surface area contributed by atoms with Crippen molar-refractivity contribution in [2.75, 3.05) is 20.5 Å². The summed E-state index contributed by atoms with van der Waals surface area (Å²) in [4.78, 5) is 15.3. The highest BCUT2D eigenvalue weighted by Crippen LogP contribution is 2.39. The fourth-order valence-electron chi connectivity index (χ4n) is 4.75. The Morgan fingerprint density at radius 2 is 1.77 bits per heavy atom. The van der Waals surface area contributed by atoms with E-state index in [2.05, 4.69) is 5.10 Å². The fourth-order valence-corrected chi connectivity index (χ4v) is 5.90. The van der Waals surface area contributed by atoms with E-state index in [1.54, 1.807) is 44.1 Å². The minimum absolute atomic E-state index is 0.0410. The van der Waals surface area contributed by atoms with Crippen LogP contribution in [0.2, 0.25) is 0 Å². The molecule has 1 aromatic heterocycles. The summed E-state index contributed by atoms with van der Waals surface area (Å²) in [5, 5.41) is 4.18. The van der Waals surface area contributed by atoms with Gasteiger partial charge in [-0.1, -0.05) is 0 Å². The molecule has 8 nitrogen and oxygen atoms in total. The van der Waals surface area contributed by atoms with Gasteiger partial charge in [-0.15, -0.1) is 0 Å². The van der Waals surface area contributed by atoms with Crippen LogP contribution in [0.3, 0.4) is 0 Å². The van der Waals surface area contributed by atoms with Gasteiger partial charge in [-0.05, 0) is 49.9 Å². The predicted molar refractivity (Wildman–Crippen MR) is 113 cm³/mol. The largest absolute Gasteiger partial charge is 0.497 e. The molecule has 162 valence electrons. The predicted octanol–water partition coefficient (Wildman–Crippen LogP) is 2.28. The number of ether oxygens (including phenoxy) is 2. The van der Waals surface area contributed by atoms with Crippen LogP contribution in [-0.4, -0.2) is 66.8 Å². The van der Waals surface area contributed by atoms with Crippen LogP contribution in [0.5, 0.6) is 11.5 Å². The summed E-state index contributed by atoms with van der Waals surface area (Å²) in [6.45, 7) is 0. The first kappa shape index (κ1) is 20.7. The number of carbonyl (C=O) groups is 1. The maximum Gasteiger partial charge on any atom is 0.272 e. The van der Waals surface area contributed by atoms with Gasteiger partial charge in [-0.3, -0.25) is 9.48 Å². The molecule has 30 heavy (non-hydrogen) atoms. The zero-order valence-electron chi connectivity index (χ0n) is 17.7. The van der Waals surface area contributed by atoms with Crippen LogP contribution in [0.15, 0.2) is 24.3 Å². The molecule has 2 unspecified atom stereocenters. The molecule has 9 heteroatoms. The van der Waals surface area contributed by atoms with Gasteiger partial charge in [-0.25, -0.2) is 8.42 Å². The molecule has 0 radical (unpaired) electrons. The van der Waals surface area contributed by atoms with Crippen molar-refractivity contribution < 1.29 is 22.7 Å². The van der Waals surface area contributed by atoms with Crippen LogP contribution < -0.4 is 9.47 Å². The number of nitrogens with zero attached hydrogens (tertiary/aromatic N) is 3. The maximum absolute atomic E-state index is 13.4. The van der Waals surface area contributed by atoms with E-state index in [4.69, 9.17) is 9.47 Å². The van der Waals surface area contributed by atoms with E-state index in [0.29, 0.717) is 35.7 Å². The Morgan fingerprint density at radius 1 is 1.10 bits per heavy atom. The second-order valence-electron chi connectivity index (χ2n) is 8.12. The third kappa shape index (κ3) is 3.55. The van der Waals surface area contributed by atoms with Crippen molar-refractivity contribution in [1.29, 1.82) is 0 Å². The number of fused-ring (bicyclic) bond motifs is 2. The normalized spacial score (nSPS) is 23.5. The van der Waals surface area contributed by atoms with E-state index in [1.165, 1.54) is 6.26 Å². The molecule has 0 saturated carbocycles. The van der Waals surface area contributed by atoms with E-state index in [1.807, 2.05) is 11.0 Å². The lowest BCUT2D eigenvalue weighted by atomic mass is 10.0. The first-order valence-electron chi connectivity index (χ1n) is 10.0. The summed E-state index contributed by atoms with van der Waals surface area (Å²) >= 11 is 0. The Kier molecular flexibility index (Phi) is 5.25. The zero-order chi connectivity index (χ0) is 21.6. The summed E-state index contributed by atoms with van der Waals surface area (Å²) < 4.78 is 36.4. The summed E-state index contributed by atoms with van der Waals surface area (Å²) in [6.07, 6.45) is 4.00. The van der Waals surface area contributed by atoms with E-state index in [-0.39, 0.29) is 23.2 Å². The lowest BCUT2D eigenvalue weighted by Gasteiger charge is -2.38. The molecule has 0 aliphatic carbocycles. The number of methoxy groups -OCH3 is 2. The average Bonchev–Trinajstić information content (AvgIpc) is 3.22. The maximum atomic E-state index is 13.4. The molecule has 2 aliphatic heterocycles. The van der Waals surface area contributed by atoms with Crippen molar-refractivity contribution in [2.45, 2.75) is 43.0 Å². The Bertz CT molecular complexity index is 1060. The second-order valence-corrected chi connectivity index (χ2v) is 10.5. The third-order valence-electron chi connectivity index (χ3n) is 6.31. The lowest BCUT2D eigenvalue weighted by molar-refractivity contribution is 0.0587. The molecule has 2 aliphatic rings. The molecule has 2 fully saturated rings. The quantitative estimate of drug-likeness (QED) is 0.719. The van der Waals surface area contributed by atoms with Crippen molar-refractivity contribution in [2.24, 2.45) is 7.05 Å². The van der Waals surface area contributed by atoms with Crippen LogP contribution in [0, 0.1) is 0 Å². The third-order valence-corrected chi connectivity index (χ3v) is 7.91. The summed E-state index contributed by atoms with van der Waals surface area (Å²) in [5.74, 6) is 1.21. The first-order chi connectivity index (χ1) is 14.2. The molecular weight excluding hydrogens is 406 g/mol. The van der Waals surface area contributed by atoms with Crippen LogP contribution >= 0.6 is 0 Å². The minimum Gasteiger partial charge on any atom is -0.497 e. The number of amides is 1. The van der Waals surface area contributed by atoms with Gasteiger partial charge in [0.15, 0.2) is 0 Å². The van der Waals surface area contributed by atoms with Crippen molar-refractivity contribution in [3.8, 4) is 22.8 Å². The highest BCUT2D eigenvalue weighted by atomic mass is 32.2. The van der Waals surface area contributed by atoms with E-state index in [9.17, 15) is 13.2 Å². The summed E-state index contributed by atoms with van der Waals surface area (Å²) in [6, 6.07) is 7.13. The number of piperidine rings is 1. The van der Waals surface area contributed by atoms with Crippen LogP contribution in [0.1, 0.15) is 36.2 Å². The number of aryl methyl sites for hydroxylation is 1. The number of rotatable bonds is 5. The topological polar surface area (TPSA) is 90.7 Å². The molecule has 2 atom stereocenters. The fraction of sp³-hybridized carbons (Fsp3) is 0.524. The standard InChI is InChI=1S/C21H27N3O5S/c1-23-19(12-18(22-23)17-11-15(28-2)7-8-20(17)29-3)21(25)24-13-5-6-14(24)10-16(9-13)30(4,26)27/h7-8,11-14,16H,5-6,9-10H2,1-4H3. The molecule has 1 aromatic carbocycles. The Morgan fingerprint density at radius 3 is 2.33 bits per heavy atom. The molecule has 2 saturated heterocycles. The molecular formula is C21H27N3O5S. The number of hydrogen-bond donors (Lipinski definition) is 0. The first-order valence-corrected chi connectivity index (χ1v) is 12.0.